The van der Waals surface area contributed by atoms with Gasteiger partial charge >= 0.3 is 0 Å². The molecule has 19 heavy (non-hydrogen) atoms. The van der Waals surface area contributed by atoms with Crippen LogP contribution in [0.5, 0.6) is 0 Å². The van der Waals surface area contributed by atoms with Gasteiger partial charge in [-0.05, 0) is 25.9 Å². The molecule has 1 saturated heterocycles. The first-order valence-corrected chi connectivity index (χ1v) is 6.84. The van der Waals surface area contributed by atoms with Crippen LogP contribution in [0.3, 0.4) is 0 Å². The Morgan fingerprint density at radius 2 is 2.00 bits per heavy atom. The van der Waals surface area contributed by atoms with E-state index in [1.165, 1.54) is 12.1 Å². The van der Waals surface area contributed by atoms with Crippen LogP contribution in [0.4, 0.5) is 8.78 Å². The molecule has 0 spiro atoms. The minimum atomic E-state index is -2.80. The average molecular weight is 268 g/mol. The lowest BCUT2D eigenvalue weighted by molar-refractivity contribution is -0.00988. The number of hydrogen-bond acceptors (Lipinski definition) is 2. The molecule has 0 saturated carbocycles. The highest BCUT2D eigenvalue weighted by atomic mass is 19.3. The molecule has 0 aliphatic carbocycles. The summed E-state index contributed by atoms with van der Waals surface area (Å²) in [7, 11) is 2.07. The molecular weight excluding hydrogens is 246 g/mol. The Morgan fingerprint density at radius 3 is 2.63 bits per heavy atom. The Morgan fingerprint density at radius 1 is 1.32 bits per heavy atom. The Balaban J connectivity index is 1.91. The van der Waals surface area contributed by atoms with E-state index < -0.39 is 5.92 Å². The number of alkyl halides is 2. The lowest BCUT2D eigenvalue weighted by Gasteiger charge is -2.36. The first kappa shape index (κ1) is 14.4. The Labute approximate surface area is 113 Å². The third kappa shape index (κ3) is 3.74. The number of hydrogen-bond donors (Lipinski definition) is 1. The molecule has 0 radical (unpaired) electrons. The molecule has 1 aromatic carbocycles. The highest BCUT2D eigenvalue weighted by Crippen LogP contribution is 2.27. The van der Waals surface area contributed by atoms with Gasteiger partial charge in [0.15, 0.2) is 0 Å². The molecule has 0 aromatic heterocycles. The van der Waals surface area contributed by atoms with Crippen LogP contribution in [0.2, 0.25) is 0 Å². The van der Waals surface area contributed by atoms with Crippen molar-refractivity contribution in [2.45, 2.75) is 25.3 Å². The molecule has 2 rings (SSSR count). The van der Waals surface area contributed by atoms with Crippen molar-refractivity contribution in [2.75, 3.05) is 26.7 Å². The summed E-state index contributed by atoms with van der Waals surface area (Å²) in [6.07, 6.45) is 0.933. The van der Waals surface area contributed by atoms with Crippen molar-refractivity contribution in [1.29, 1.82) is 0 Å². The fraction of sp³-hybridized carbons (Fsp3) is 0.600. The molecule has 4 heteroatoms. The van der Waals surface area contributed by atoms with Crippen molar-refractivity contribution in [2.24, 2.45) is 5.92 Å². The van der Waals surface area contributed by atoms with Gasteiger partial charge in [-0.3, -0.25) is 0 Å². The van der Waals surface area contributed by atoms with Crippen LogP contribution in [0, 0.1) is 5.92 Å². The normalized spacial score (nSPS) is 25.5. The van der Waals surface area contributed by atoms with Gasteiger partial charge in [-0.25, -0.2) is 0 Å². The van der Waals surface area contributed by atoms with E-state index >= 15 is 0 Å². The van der Waals surface area contributed by atoms with Crippen LogP contribution in [0.15, 0.2) is 30.3 Å². The van der Waals surface area contributed by atoms with Crippen molar-refractivity contribution in [3.05, 3.63) is 35.9 Å². The predicted octanol–water partition coefficient (Wildman–Crippen LogP) is 2.71. The third-order valence-electron chi connectivity index (χ3n) is 3.89. The summed E-state index contributed by atoms with van der Waals surface area (Å²) >= 11 is 0. The fourth-order valence-electron chi connectivity index (χ4n) is 2.70. The lowest BCUT2D eigenvalue weighted by Crippen LogP contribution is -2.49. The monoisotopic (exact) mass is 268 g/mol. The van der Waals surface area contributed by atoms with Gasteiger partial charge in [0.05, 0.1) is 6.54 Å². The number of rotatable bonds is 4. The number of nitrogens with one attached hydrogen (secondary N) is 1. The molecular formula is C15H22F2N2. The minimum absolute atomic E-state index is 0.0862. The zero-order valence-corrected chi connectivity index (χ0v) is 11.6. The van der Waals surface area contributed by atoms with Crippen LogP contribution < -0.4 is 5.32 Å². The molecule has 106 valence electrons. The van der Waals surface area contributed by atoms with Crippen molar-refractivity contribution in [1.82, 2.24) is 10.2 Å². The smallest absolute Gasteiger partial charge is 0.285 e. The van der Waals surface area contributed by atoms with E-state index in [1.807, 2.05) is 0 Å². The second-order valence-electron chi connectivity index (χ2n) is 5.59. The van der Waals surface area contributed by atoms with Gasteiger partial charge in [-0.15, -0.1) is 0 Å². The molecule has 1 N–H and O–H groups in total. The molecule has 1 fully saturated rings. The van der Waals surface area contributed by atoms with Crippen LogP contribution in [0.25, 0.3) is 0 Å². The van der Waals surface area contributed by atoms with Crippen molar-refractivity contribution < 1.29 is 8.78 Å². The van der Waals surface area contributed by atoms with Crippen molar-refractivity contribution >= 4 is 0 Å². The third-order valence-corrected chi connectivity index (χ3v) is 3.89. The van der Waals surface area contributed by atoms with Gasteiger partial charge < -0.3 is 10.2 Å². The summed E-state index contributed by atoms with van der Waals surface area (Å²) in [5, 5.41) is 3.05. The number of piperidine rings is 1. The zero-order chi connectivity index (χ0) is 13.9. The highest BCUT2D eigenvalue weighted by molar-refractivity contribution is 5.20. The molecule has 1 aliphatic heterocycles. The molecule has 1 aromatic rings. The standard InChI is InChI=1S/C15H22F2N2/c1-12-10-19(2)9-8-14(12)18-11-15(16,17)13-6-4-3-5-7-13/h3-7,12,14,18H,8-11H2,1-2H3. The number of nitrogens with zero attached hydrogens (tertiary/aromatic N) is 1. The molecule has 0 amide bonds. The minimum Gasteiger partial charge on any atom is -0.308 e. The van der Waals surface area contributed by atoms with E-state index in [2.05, 4.69) is 24.2 Å². The van der Waals surface area contributed by atoms with Gasteiger partial charge in [0.25, 0.3) is 5.92 Å². The van der Waals surface area contributed by atoms with Crippen molar-refractivity contribution in [3.63, 3.8) is 0 Å². The van der Waals surface area contributed by atoms with Crippen molar-refractivity contribution in [3.8, 4) is 0 Å². The quantitative estimate of drug-likeness (QED) is 0.903. The van der Waals surface area contributed by atoms with E-state index in [1.54, 1.807) is 18.2 Å². The summed E-state index contributed by atoms with van der Waals surface area (Å²) in [5.74, 6) is -2.39. The Bertz CT molecular complexity index is 394. The van der Waals surface area contributed by atoms with Crippen LogP contribution in [0.1, 0.15) is 18.9 Å². The second-order valence-corrected chi connectivity index (χ2v) is 5.59. The van der Waals surface area contributed by atoms with Gasteiger partial charge in [-0.2, -0.15) is 8.78 Å². The van der Waals surface area contributed by atoms with E-state index in [-0.39, 0.29) is 18.2 Å². The molecule has 1 aliphatic rings. The topological polar surface area (TPSA) is 15.3 Å². The molecule has 0 bridgehead atoms. The lowest BCUT2D eigenvalue weighted by atomic mass is 9.94. The van der Waals surface area contributed by atoms with E-state index in [0.29, 0.717) is 5.92 Å². The molecule has 2 nitrogen and oxygen atoms in total. The summed E-state index contributed by atoms with van der Waals surface area (Å²) in [6, 6.07) is 8.22. The van der Waals surface area contributed by atoms with Gasteiger partial charge in [0.2, 0.25) is 0 Å². The van der Waals surface area contributed by atoms with Gasteiger partial charge in [-0.1, -0.05) is 37.3 Å². The van der Waals surface area contributed by atoms with Gasteiger partial charge in [0.1, 0.15) is 0 Å². The summed E-state index contributed by atoms with van der Waals surface area (Å²) in [5.41, 5.74) is 0.0862. The Kier molecular flexibility index (Phi) is 4.53. The van der Waals surface area contributed by atoms with Crippen LogP contribution >= 0.6 is 0 Å². The predicted molar refractivity (Wildman–Crippen MR) is 73.4 cm³/mol. The Hall–Kier alpha value is -1.00. The van der Waals surface area contributed by atoms with Gasteiger partial charge in [0, 0.05) is 18.2 Å². The van der Waals surface area contributed by atoms with E-state index in [4.69, 9.17) is 0 Å². The maximum absolute atomic E-state index is 14.0. The first-order valence-electron chi connectivity index (χ1n) is 6.84. The maximum Gasteiger partial charge on any atom is 0.285 e. The fourth-order valence-corrected chi connectivity index (χ4v) is 2.70. The first-order chi connectivity index (χ1) is 8.99. The summed E-state index contributed by atoms with van der Waals surface area (Å²) in [6.45, 7) is 3.78. The summed E-state index contributed by atoms with van der Waals surface area (Å²) < 4.78 is 28.1. The number of halogens is 2. The van der Waals surface area contributed by atoms with Crippen LogP contribution in [-0.2, 0) is 5.92 Å². The largest absolute Gasteiger partial charge is 0.308 e. The number of benzene rings is 1. The maximum atomic E-state index is 14.0. The molecule has 1 heterocycles. The average Bonchev–Trinajstić information content (AvgIpc) is 2.39. The van der Waals surface area contributed by atoms with Crippen LogP contribution in [-0.4, -0.2) is 37.6 Å². The summed E-state index contributed by atoms with van der Waals surface area (Å²) in [4.78, 5) is 2.25. The molecule has 2 unspecified atom stereocenters. The molecule has 2 atom stereocenters. The zero-order valence-electron chi connectivity index (χ0n) is 11.6. The number of likely N-dealkylation sites (tertiary alicyclic amines) is 1. The van der Waals surface area contributed by atoms with E-state index in [0.717, 1.165) is 19.5 Å². The van der Waals surface area contributed by atoms with E-state index in [9.17, 15) is 8.78 Å². The highest BCUT2D eigenvalue weighted by Gasteiger charge is 2.33. The second kappa shape index (κ2) is 5.97. The SMILES string of the molecule is CC1CN(C)CCC1NCC(F)(F)c1ccccc1.